The van der Waals surface area contributed by atoms with Crippen LogP contribution in [0.2, 0.25) is 0 Å². The standard InChI is InChI=1S/C17H24FN5O/c1-5-22(6-2)12(3)11-19-17(24)16-20-13(4)23(21-16)15-9-7-14(18)8-10-15/h7-10,12H,5-6,11H2,1-4H3,(H,19,24)/t12-/m1/s1. The van der Waals surface area contributed by atoms with E-state index in [0.717, 1.165) is 13.1 Å². The van der Waals surface area contributed by atoms with Gasteiger partial charge < -0.3 is 5.32 Å². The van der Waals surface area contributed by atoms with Crippen LogP contribution in [0, 0.1) is 12.7 Å². The Labute approximate surface area is 141 Å². The normalized spacial score (nSPS) is 12.4. The molecule has 0 unspecified atom stereocenters. The number of carbonyl (C=O) groups excluding carboxylic acids is 1. The molecule has 0 fully saturated rings. The molecule has 0 saturated heterocycles. The first-order valence-electron chi connectivity index (χ1n) is 8.18. The van der Waals surface area contributed by atoms with Crippen molar-refractivity contribution in [1.29, 1.82) is 0 Å². The predicted octanol–water partition coefficient (Wildman–Crippen LogP) is 2.17. The number of hydrogen-bond donors (Lipinski definition) is 1. The van der Waals surface area contributed by atoms with Crippen molar-refractivity contribution in [2.75, 3.05) is 19.6 Å². The number of benzene rings is 1. The smallest absolute Gasteiger partial charge is 0.291 e. The van der Waals surface area contributed by atoms with Gasteiger partial charge in [0, 0.05) is 12.6 Å². The Bertz CT molecular complexity index is 679. The average Bonchev–Trinajstić information content (AvgIpc) is 2.96. The highest BCUT2D eigenvalue weighted by molar-refractivity contribution is 5.90. The van der Waals surface area contributed by atoms with Crippen LogP contribution in [0.1, 0.15) is 37.2 Å². The summed E-state index contributed by atoms with van der Waals surface area (Å²) in [4.78, 5) is 18.7. The van der Waals surface area contributed by atoms with Gasteiger partial charge in [-0.2, -0.15) is 0 Å². The van der Waals surface area contributed by atoms with Crippen molar-refractivity contribution in [3.63, 3.8) is 0 Å². The van der Waals surface area contributed by atoms with E-state index in [1.54, 1.807) is 19.1 Å². The van der Waals surface area contributed by atoms with E-state index in [9.17, 15) is 9.18 Å². The lowest BCUT2D eigenvalue weighted by Crippen LogP contribution is -2.42. The van der Waals surface area contributed by atoms with Crippen molar-refractivity contribution >= 4 is 5.91 Å². The lowest BCUT2D eigenvalue weighted by molar-refractivity contribution is 0.0927. The van der Waals surface area contributed by atoms with Gasteiger partial charge >= 0.3 is 0 Å². The number of nitrogens with one attached hydrogen (secondary N) is 1. The highest BCUT2D eigenvalue weighted by Crippen LogP contribution is 2.10. The van der Waals surface area contributed by atoms with Gasteiger partial charge in [0.2, 0.25) is 5.82 Å². The van der Waals surface area contributed by atoms with Gasteiger partial charge in [-0.05, 0) is 51.2 Å². The third-order valence-electron chi connectivity index (χ3n) is 4.04. The molecule has 0 radical (unpaired) electrons. The Hall–Kier alpha value is -2.28. The maximum atomic E-state index is 13.0. The van der Waals surface area contributed by atoms with E-state index in [0.29, 0.717) is 18.1 Å². The molecule has 1 amide bonds. The first-order chi connectivity index (χ1) is 11.5. The number of aromatic nitrogens is 3. The van der Waals surface area contributed by atoms with Crippen LogP contribution in [0.4, 0.5) is 4.39 Å². The Kier molecular flexibility index (Phi) is 6.03. The first kappa shape index (κ1) is 18.1. The number of likely N-dealkylation sites (N-methyl/N-ethyl adjacent to an activating group) is 1. The molecule has 1 heterocycles. The highest BCUT2D eigenvalue weighted by Gasteiger charge is 2.17. The zero-order valence-electron chi connectivity index (χ0n) is 14.6. The third kappa shape index (κ3) is 4.17. The molecule has 0 aliphatic heterocycles. The Morgan fingerprint density at radius 3 is 2.50 bits per heavy atom. The van der Waals surface area contributed by atoms with Crippen LogP contribution in [-0.2, 0) is 0 Å². The van der Waals surface area contributed by atoms with E-state index in [2.05, 4.69) is 41.1 Å². The molecule has 1 atom stereocenters. The van der Waals surface area contributed by atoms with Crippen molar-refractivity contribution < 1.29 is 9.18 Å². The SMILES string of the molecule is CCN(CC)[C@H](C)CNC(=O)c1nc(C)n(-c2ccc(F)cc2)n1. The quantitative estimate of drug-likeness (QED) is 0.843. The molecular weight excluding hydrogens is 309 g/mol. The van der Waals surface area contributed by atoms with Crippen LogP contribution in [0.25, 0.3) is 5.69 Å². The molecule has 0 bridgehead atoms. The van der Waals surface area contributed by atoms with Gasteiger partial charge in [0.1, 0.15) is 11.6 Å². The lowest BCUT2D eigenvalue weighted by Gasteiger charge is -2.26. The zero-order chi connectivity index (χ0) is 17.7. The number of rotatable bonds is 7. The monoisotopic (exact) mass is 333 g/mol. The van der Waals surface area contributed by atoms with Crippen LogP contribution in [0.15, 0.2) is 24.3 Å². The number of aryl methyl sites for hydroxylation is 1. The number of hydrogen-bond acceptors (Lipinski definition) is 4. The van der Waals surface area contributed by atoms with E-state index in [-0.39, 0.29) is 23.6 Å². The van der Waals surface area contributed by atoms with Crippen LogP contribution >= 0.6 is 0 Å². The van der Waals surface area contributed by atoms with E-state index in [1.807, 2.05) is 0 Å². The van der Waals surface area contributed by atoms with Crippen molar-refractivity contribution in [1.82, 2.24) is 25.0 Å². The molecular formula is C17H24FN5O. The molecule has 2 aromatic rings. The van der Waals surface area contributed by atoms with Crippen molar-refractivity contribution in [3.8, 4) is 5.69 Å². The molecule has 0 aliphatic rings. The number of halogens is 1. The van der Waals surface area contributed by atoms with Crippen LogP contribution in [-0.4, -0.2) is 51.2 Å². The van der Waals surface area contributed by atoms with E-state index >= 15 is 0 Å². The second kappa shape index (κ2) is 8.01. The fourth-order valence-electron chi connectivity index (χ4n) is 2.61. The molecule has 130 valence electrons. The second-order valence-electron chi connectivity index (χ2n) is 5.65. The summed E-state index contributed by atoms with van der Waals surface area (Å²) in [7, 11) is 0. The van der Waals surface area contributed by atoms with Crippen LogP contribution in [0.5, 0.6) is 0 Å². The lowest BCUT2D eigenvalue weighted by atomic mass is 10.2. The van der Waals surface area contributed by atoms with Crippen LogP contribution < -0.4 is 5.32 Å². The summed E-state index contributed by atoms with van der Waals surface area (Å²) in [6, 6.07) is 6.14. The molecule has 0 saturated carbocycles. The summed E-state index contributed by atoms with van der Waals surface area (Å²) in [5, 5.41) is 7.10. The molecule has 2 rings (SSSR count). The third-order valence-corrected chi connectivity index (χ3v) is 4.04. The number of amides is 1. The maximum absolute atomic E-state index is 13.0. The predicted molar refractivity (Wildman–Crippen MR) is 90.8 cm³/mol. The van der Waals surface area contributed by atoms with Crippen molar-refractivity contribution in [3.05, 3.63) is 41.7 Å². The van der Waals surface area contributed by atoms with E-state index in [4.69, 9.17) is 0 Å². The Morgan fingerprint density at radius 1 is 1.29 bits per heavy atom. The molecule has 1 aromatic carbocycles. The first-order valence-corrected chi connectivity index (χ1v) is 8.18. The van der Waals surface area contributed by atoms with E-state index in [1.165, 1.54) is 16.8 Å². The van der Waals surface area contributed by atoms with Gasteiger partial charge in [0.05, 0.1) is 5.69 Å². The minimum Gasteiger partial charge on any atom is -0.348 e. The van der Waals surface area contributed by atoms with E-state index < -0.39 is 0 Å². The average molecular weight is 333 g/mol. The highest BCUT2D eigenvalue weighted by atomic mass is 19.1. The maximum Gasteiger partial charge on any atom is 0.291 e. The summed E-state index contributed by atoms with van der Waals surface area (Å²) in [5.41, 5.74) is 0.664. The van der Waals surface area contributed by atoms with Gasteiger partial charge in [-0.1, -0.05) is 13.8 Å². The molecule has 0 spiro atoms. The van der Waals surface area contributed by atoms with Crippen molar-refractivity contribution in [2.45, 2.75) is 33.7 Å². The van der Waals surface area contributed by atoms with Gasteiger partial charge in [0.25, 0.3) is 5.91 Å². The largest absolute Gasteiger partial charge is 0.348 e. The van der Waals surface area contributed by atoms with Crippen molar-refractivity contribution in [2.24, 2.45) is 0 Å². The minimum absolute atomic E-state index is 0.114. The fraction of sp³-hybridized carbons (Fsp3) is 0.471. The van der Waals surface area contributed by atoms with Gasteiger partial charge in [-0.3, -0.25) is 9.69 Å². The number of nitrogens with zero attached hydrogens (tertiary/aromatic N) is 4. The summed E-state index contributed by atoms with van der Waals surface area (Å²) in [6.45, 7) is 10.4. The second-order valence-corrected chi connectivity index (χ2v) is 5.65. The molecule has 6 nitrogen and oxygen atoms in total. The Balaban J connectivity index is 2.06. The summed E-state index contributed by atoms with van der Waals surface area (Å²) >= 11 is 0. The fourth-order valence-corrected chi connectivity index (χ4v) is 2.61. The number of carbonyl (C=O) groups is 1. The molecule has 1 aromatic heterocycles. The molecule has 24 heavy (non-hydrogen) atoms. The molecule has 0 aliphatic carbocycles. The zero-order valence-corrected chi connectivity index (χ0v) is 14.6. The van der Waals surface area contributed by atoms with Gasteiger partial charge in [-0.25, -0.2) is 14.1 Å². The van der Waals surface area contributed by atoms with Gasteiger partial charge in [0.15, 0.2) is 0 Å². The summed E-state index contributed by atoms with van der Waals surface area (Å²) in [6.07, 6.45) is 0. The molecule has 1 N–H and O–H groups in total. The van der Waals surface area contributed by atoms with Gasteiger partial charge in [-0.15, -0.1) is 5.10 Å². The van der Waals surface area contributed by atoms with Crippen LogP contribution in [0.3, 0.4) is 0 Å². The molecule has 7 heteroatoms. The Morgan fingerprint density at radius 2 is 1.92 bits per heavy atom. The minimum atomic E-state index is -0.320. The summed E-state index contributed by atoms with van der Waals surface area (Å²) in [5.74, 6) is 0.0602. The summed E-state index contributed by atoms with van der Waals surface area (Å²) < 4.78 is 14.6. The topological polar surface area (TPSA) is 63.1 Å².